The summed E-state index contributed by atoms with van der Waals surface area (Å²) in [6.45, 7) is 0. The molecule has 0 spiro atoms. The number of hydrogen-bond donors (Lipinski definition) is 0. The lowest BCUT2D eigenvalue weighted by Crippen LogP contribution is -2.41. The zero-order chi connectivity index (χ0) is 15.1. The molecule has 3 aliphatic rings. The van der Waals surface area contributed by atoms with Gasteiger partial charge in [-0.1, -0.05) is 24.3 Å². The summed E-state index contributed by atoms with van der Waals surface area (Å²) in [5.41, 5.74) is 5.01. The number of carbonyl (C=O) groups excluding carboxylic acids is 1. The van der Waals surface area contributed by atoms with Gasteiger partial charge in [-0.05, 0) is 61.6 Å². The van der Waals surface area contributed by atoms with Crippen molar-refractivity contribution in [3.05, 3.63) is 46.5 Å². The zero-order valence-electron chi connectivity index (χ0n) is 13.2. The van der Waals surface area contributed by atoms with Gasteiger partial charge in [0.1, 0.15) is 0 Å². The minimum Gasteiger partial charge on any atom is -0.357 e. The molecular formula is C19H23NO2. The van der Waals surface area contributed by atoms with Gasteiger partial charge in [0.05, 0.1) is 6.04 Å². The van der Waals surface area contributed by atoms with Gasteiger partial charge in [-0.25, -0.2) is 0 Å². The fourth-order valence-electron chi connectivity index (χ4n) is 4.45. The van der Waals surface area contributed by atoms with Crippen molar-refractivity contribution in [3.8, 4) is 0 Å². The van der Waals surface area contributed by atoms with E-state index in [0.717, 1.165) is 44.1 Å². The molecule has 0 bridgehead atoms. The summed E-state index contributed by atoms with van der Waals surface area (Å²) in [4.78, 5) is 15.0. The van der Waals surface area contributed by atoms with Gasteiger partial charge in [-0.2, -0.15) is 0 Å². The van der Waals surface area contributed by atoms with Gasteiger partial charge in [-0.15, -0.1) is 0 Å². The third kappa shape index (κ3) is 2.03. The molecule has 1 amide bonds. The number of aryl methyl sites for hydroxylation is 1. The number of ether oxygens (including phenoxy) is 1. The molecule has 0 fully saturated rings. The van der Waals surface area contributed by atoms with Crippen LogP contribution in [0.2, 0.25) is 0 Å². The van der Waals surface area contributed by atoms with E-state index in [1.165, 1.54) is 23.1 Å². The second-order valence-electron chi connectivity index (χ2n) is 6.62. The Labute approximate surface area is 132 Å². The average Bonchev–Trinajstić information content (AvgIpc) is 2.87. The van der Waals surface area contributed by atoms with Crippen LogP contribution in [-0.4, -0.2) is 24.1 Å². The van der Waals surface area contributed by atoms with Crippen molar-refractivity contribution in [1.29, 1.82) is 0 Å². The van der Waals surface area contributed by atoms with Gasteiger partial charge < -0.3 is 9.64 Å². The first-order valence-electron chi connectivity index (χ1n) is 8.46. The molecule has 2 atom stereocenters. The SMILES string of the molecule is CO[C@@H]1C2=C(CCCC2)C(=O)N1[C@H]1CCCc2ccccc21. The molecule has 2 aliphatic carbocycles. The number of benzene rings is 1. The van der Waals surface area contributed by atoms with Crippen LogP contribution in [-0.2, 0) is 16.0 Å². The highest BCUT2D eigenvalue weighted by atomic mass is 16.5. The van der Waals surface area contributed by atoms with Crippen LogP contribution in [0.4, 0.5) is 0 Å². The summed E-state index contributed by atoms with van der Waals surface area (Å²) in [5.74, 6) is 0.225. The summed E-state index contributed by atoms with van der Waals surface area (Å²) in [5, 5.41) is 0. The Hall–Kier alpha value is -1.61. The van der Waals surface area contributed by atoms with Crippen LogP contribution in [0.25, 0.3) is 0 Å². The van der Waals surface area contributed by atoms with Gasteiger partial charge in [0.25, 0.3) is 5.91 Å². The molecule has 0 unspecified atom stereocenters. The van der Waals surface area contributed by atoms with Crippen molar-refractivity contribution in [2.75, 3.05) is 7.11 Å². The number of carbonyl (C=O) groups is 1. The molecule has 0 saturated carbocycles. The third-order valence-electron chi connectivity index (χ3n) is 5.45. The van der Waals surface area contributed by atoms with Crippen LogP contribution in [0.5, 0.6) is 0 Å². The van der Waals surface area contributed by atoms with Gasteiger partial charge in [0.2, 0.25) is 0 Å². The van der Waals surface area contributed by atoms with Gasteiger partial charge in [0, 0.05) is 12.7 Å². The molecule has 1 aromatic carbocycles. The summed E-state index contributed by atoms with van der Waals surface area (Å²) in [7, 11) is 1.74. The molecule has 116 valence electrons. The lowest BCUT2D eigenvalue weighted by molar-refractivity contribution is -0.138. The standard InChI is InChI=1S/C19H23NO2/c1-22-19-16-11-5-4-10-15(16)18(21)20(19)17-12-6-8-13-7-2-3-9-14(13)17/h2-3,7,9,17,19H,4-6,8,10-12H2,1H3/t17-,19+/m0/s1. The van der Waals surface area contributed by atoms with E-state index in [-0.39, 0.29) is 18.2 Å². The van der Waals surface area contributed by atoms with E-state index in [4.69, 9.17) is 4.74 Å². The molecule has 3 nitrogen and oxygen atoms in total. The molecule has 1 aromatic rings. The van der Waals surface area contributed by atoms with Crippen molar-refractivity contribution in [2.24, 2.45) is 0 Å². The first-order valence-corrected chi connectivity index (χ1v) is 8.46. The first-order chi connectivity index (χ1) is 10.8. The Morgan fingerprint density at radius 2 is 1.91 bits per heavy atom. The highest BCUT2D eigenvalue weighted by molar-refractivity contribution is 5.98. The maximum absolute atomic E-state index is 13.0. The summed E-state index contributed by atoms with van der Waals surface area (Å²) in [6.07, 6.45) is 7.44. The maximum Gasteiger partial charge on any atom is 0.252 e. The predicted molar refractivity (Wildman–Crippen MR) is 85.3 cm³/mol. The molecule has 0 N–H and O–H groups in total. The van der Waals surface area contributed by atoms with Crippen LogP contribution >= 0.6 is 0 Å². The third-order valence-corrected chi connectivity index (χ3v) is 5.45. The second kappa shape index (κ2) is 5.54. The molecule has 0 radical (unpaired) electrons. The Balaban J connectivity index is 1.73. The average molecular weight is 297 g/mol. The lowest BCUT2D eigenvalue weighted by Gasteiger charge is -2.37. The minimum absolute atomic E-state index is 0.140. The molecular weight excluding hydrogens is 274 g/mol. The van der Waals surface area contributed by atoms with Crippen molar-refractivity contribution >= 4 is 5.91 Å². The molecule has 1 aliphatic heterocycles. The van der Waals surface area contributed by atoms with E-state index in [1.54, 1.807) is 7.11 Å². The predicted octanol–water partition coefficient (Wildman–Crippen LogP) is 3.75. The van der Waals surface area contributed by atoms with Gasteiger partial charge >= 0.3 is 0 Å². The number of methoxy groups -OCH3 is 1. The van der Waals surface area contributed by atoms with Crippen molar-refractivity contribution in [2.45, 2.75) is 57.2 Å². The van der Waals surface area contributed by atoms with E-state index in [0.29, 0.717) is 0 Å². The molecule has 0 saturated heterocycles. The Morgan fingerprint density at radius 3 is 2.77 bits per heavy atom. The molecule has 0 aromatic heterocycles. The van der Waals surface area contributed by atoms with Crippen LogP contribution in [0, 0.1) is 0 Å². The summed E-state index contributed by atoms with van der Waals surface area (Å²) in [6, 6.07) is 8.76. The first kappa shape index (κ1) is 14.0. The molecule has 4 rings (SSSR count). The molecule has 22 heavy (non-hydrogen) atoms. The quantitative estimate of drug-likeness (QED) is 0.832. The van der Waals surface area contributed by atoms with Gasteiger partial charge in [-0.3, -0.25) is 4.79 Å². The minimum atomic E-state index is -0.140. The number of amides is 1. The van der Waals surface area contributed by atoms with Crippen molar-refractivity contribution in [1.82, 2.24) is 4.90 Å². The normalized spacial score (nSPS) is 27.9. The van der Waals surface area contributed by atoms with E-state index >= 15 is 0 Å². The zero-order valence-corrected chi connectivity index (χ0v) is 13.2. The monoisotopic (exact) mass is 297 g/mol. The molecule has 1 heterocycles. The fraction of sp³-hybridized carbons (Fsp3) is 0.526. The Morgan fingerprint density at radius 1 is 1.09 bits per heavy atom. The van der Waals surface area contributed by atoms with Crippen LogP contribution in [0.1, 0.15) is 55.7 Å². The lowest BCUT2D eigenvalue weighted by atomic mass is 9.86. The number of rotatable bonds is 2. The van der Waals surface area contributed by atoms with E-state index < -0.39 is 0 Å². The van der Waals surface area contributed by atoms with Crippen LogP contribution in [0.15, 0.2) is 35.4 Å². The van der Waals surface area contributed by atoms with E-state index in [2.05, 4.69) is 24.3 Å². The second-order valence-corrected chi connectivity index (χ2v) is 6.62. The number of fused-ring (bicyclic) bond motifs is 1. The summed E-state index contributed by atoms with van der Waals surface area (Å²) >= 11 is 0. The van der Waals surface area contributed by atoms with E-state index in [1.807, 2.05) is 4.90 Å². The van der Waals surface area contributed by atoms with Crippen LogP contribution in [0.3, 0.4) is 0 Å². The van der Waals surface area contributed by atoms with Crippen molar-refractivity contribution < 1.29 is 9.53 Å². The topological polar surface area (TPSA) is 29.5 Å². The maximum atomic E-state index is 13.0. The Kier molecular flexibility index (Phi) is 3.53. The smallest absolute Gasteiger partial charge is 0.252 e. The van der Waals surface area contributed by atoms with Gasteiger partial charge in [0.15, 0.2) is 6.23 Å². The van der Waals surface area contributed by atoms with E-state index in [9.17, 15) is 4.79 Å². The van der Waals surface area contributed by atoms with Crippen molar-refractivity contribution in [3.63, 3.8) is 0 Å². The number of hydrogen-bond acceptors (Lipinski definition) is 2. The fourth-order valence-corrected chi connectivity index (χ4v) is 4.45. The number of nitrogens with zero attached hydrogens (tertiary/aromatic N) is 1. The largest absolute Gasteiger partial charge is 0.357 e. The van der Waals surface area contributed by atoms with Crippen LogP contribution < -0.4 is 0 Å². The highest BCUT2D eigenvalue weighted by Crippen LogP contribution is 2.44. The molecule has 3 heteroatoms. The highest BCUT2D eigenvalue weighted by Gasteiger charge is 2.44. The Bertz CT molecular complexity index is 634. The summed E-state index contributed by atoms with van der Waals surface area (Å²) < 4.78 is 5.78.